The number of carbonyl (C=O) groups is 3. The number of nitrogens with one attached hydrogen (secondary N) is 3. The molecule has 0 aliphatic rings. The number of methoxy groups -OCH3 is 1. The first-order chi connectivity index (χ1) is 15.7. The molecule has 33 heavy (non-hydrogen) atoms. The minimum absolute atomic E-state index is 0.224. The van der Waals surface area contributed by atoms with E-state index in [0.29, 0.717) is 33.8 Å². The Hall–Kier alpha value is -3.40. The molecular weight excluding hydrogens is 492 g/mol. The van der Waals surface area contributed by atoms with Crippen molar-refractivity contribution in [1.29, 1.82) is 0 Å². The Morgan fingerprint density at radius 1 is 1.09 bits per heavy atom. The van der Waals surface area contributed by atoms with Crippen molar-refractivity contribution >= 4 is 45.6 Å². The Morgan fingerprint density at radius 3 is 2.52 bits per heavy atom. The fraction of sp³-hybridized carbons (Fsp3) is 0.304. The second kappa shape index (κ2) is 12.6. The van der Waals surface area contributed by atoms with E-state index in [-0.39, 0.29) is 12.5 Å². The smallest absolute Gasteiger partial charge is 0.329 e. The molecule has 3 N–H and O–H groups in total. The maximum absolute atomic E-state index is 12.3. The number of ether oxygens (including phenoxy) is 2. The van der Waals surface area contributed by atoms with Crippen molar-refractivity contribution in [1.82, 2.24) is 10.7 Å². The second-order valence-electron chi connectivity index (χ2n) is 7.13. The van der Waals surface area contributed by atoms with Crippen LogP contribution in [0.4, 0.5) is 5.69 Å². The number of benzene rings is 2. The first-order valence-corrected chi connectivity index (χ1v) is 11.0. The molecule has 9 nitrogen and oxygen atoms in total. The molecular formula is C23H27BrN4O5. The zero-order chi connectivity index (χ0) is 24.4. The number of aryl methyl sites for hydroxylation is 2. The van der Waals surface area contributed by atoms with Crippen molar-refractivity contribution in [3.63, 3.8) is 0 Å². The summed E-state index contributed by atoms with van der Waals surface area (Å²) < 4.78 is 11.5. The quantitative estimate of drug-likeness (QED) is 0.268. The molecule has 0 unspecified atom stereocenters. The van der Waals surface area contributed by atoms with Crippen LogP contribution in [0.3, 0.4) is 0 Å². The SMILES string of the molecule is CCCNC(=O)C(=O)N/N=C\c1cc(Br)c(OCC(=O)Nc2ccc(C)c(C)c2)c(OC)c1. The van der Waals surface area contributed by atoms with Gasteiger partial charge in [0.1, 0.15) is 0 Å². The normalized spacial score (nSPS) is 10.6. The molecule has 0 saturated carbocycles. The van der Waals surface area contributed by atoms with Gasteiger partial charge in [0.25, 0.3) is 5.91 Å². The molecule has 10 heteroatoms. The number of hydrogen-bond acceptors (Lipinski definition) is 6. The van der Waals surface area contributed by atoms with E-state index in [4.69, 9.17) is 9.47 Å². The van der Waals surface area contributed by atoms with E-state index in [0.717, 1.165) is 17.5 Å². The summed E-state index contributed by atoms with van der Waals surface area (Å²) in [5, 5.41) is 9.04. The number of hydrazone groups is 1. The van der Waals surface area contributed by atoms with Crippen LogP contribution in [0.5, 0.6) is 11.5 Å². The van der Waals surface area contributed by atoms with Gasteiger partial charge in [0.15, 0.2) is 18.1 Å². The van der Waals surface area contributed by atoms with Gasteiger partial charge in [-0.2, -0.15) is 5.10 Å². The van der Waals surface area contributed by atoms with Crippen LogP contribution in [0.2, 0.25) is 0 Å². The van der Waals surface area contributed by atoms with Crippen LogP contribution in [0.25, 0.3) is 0 Å². The van der Waals surface area contributed by atoms with Crippen molar-refractivity contribution < 1.29 is 23.9 Å². The predicted octanol–water partition coefficient (Wildman–Crippen LogP) is 3.07. The highest BCUT2D eigenvalue weighted by molar-refractivity contribution is 9.10. The molecule has 2 rings (SSSR count). The molecule has 2 aromatic carbocycles. The van der Waals surface area contributed by atoms with E-state index in [1.165, 1.54) is 13.3 Å². The van der Waals surface area contributed by atoms with E-state index in [2.05, 4.69) is 37.1 Å². The first kappa shape index (κ1) is 25.9. The zero-order valence-electron chi connectivity index (χ0n) is 19.0. The molecule has 2 aromatic rings. The van der Waals surface area contributed by atoms with Crippen LogP contribution in [0, 0.1) is 13.8 Å². The van der Waals surface area contributed by atoms with E-state index >= 15 is 0 Å². The monoisotopic (exact) mass is 518 g/mol. The highest BCUT2D eigenvalue weighted by atomic mass is 79.9. The molecule has 0 bridgehead atoms. The number of nitrogens with zero attached hydrogens (tertiary/aromatic N) is 1. The van der Waals surface area contributed by atoms with Crippen molar-refractivity contribution in [2.24, 2.45) is 5.10 Å². The molecule has 0 spiro atoms. The summed E-state index contributed by atoms with van der Waals surface area (Å²) in [5.41, 5.74) is 5.64. The van der Waals surface area contributed by atoms with Crippen LogP contribution in [-0.2, 0) is 14.4 Å². The Labute approximate surface area is 201 Å². The van der Waals surface area contributed by atoms with E-state index in [1.807, 2.05) is 39.0 Å². The van der Waals surface area contributed by atoms with Crippen LogP contribution in [-0.4, -0.2) is 44.2 Å². The largest absolute Gasteiger partial charge is 0.493 e. The molecule has 0 radical (unpaired) electrons. The van der Waals surface area contributed by atoms with Gasteiger partial charge < -0.3 is 20.1 Å². The maximum Gasteiger partial charge on any atom is 0.329 e. The average Bonchev–Trinajstić information content (AvgIpc) is 2.78. The van der Waals surface area contributed by atoms with Crippen LogP contribution in [0.15, 0.2) is 39.9 Å². The zero-order valence-corrected chi connectivity index (χ0v) is 20.5. The third kappa shape index (κ3) is 7.90. The van der Waals surface area contributed by atoms with Crippen molar-refractivity contribution in [2.45, 2.75) is 27.2 Å². The van der Waals surface area contributed by atoms with Crippen molar-refractivity contribution in [3.8, 4) is 11.5 Å². The minimum Gasteiger partial charge on any atom is -0.493 e. The summed E-state index contributed by atoms with van der Waals surface area (Å²) >= 11 is 3.40. The standard InChI is InChI=1S/C23H27BrN4O5/c1-5-8-25-22(30)23(31)28-26-12-16-10-18(24)21(19(11-16)32-4)33-13-20(29)27-17-7-6-14(2)15(3)9-17/h6-7,9-12H,5,8,13H2,1-4H3,(H,25,30)(H,27,29)(H,28,31)/b26-12-. The number of halogens is 1. The summed E-state index contributed by atoms with van der Waals surface area (Å²) in [7, 11) is 1.46. The Kier molecular flexibility index (Phi) is 9.86. The third-order valence-corrected chi connectivity index (χ3v) is 5.10. The number of hydrogen-bond donors (Lipinski definition) is 3. The maximum atomic E-state index is 12.3. The van der Waals surface area contributed by atoms with Gasteiger partial charge in [0.05, 0.1) is 17.8 Å². The Morgan fingerprint density at radius 2 is 1.85 bits per heavy atom. The fourth-order valence-corrected chi connectivity index (χ4v) is 3.22. The van der Waals surface area contributed by atoms with E-state index < -0.39 is 11.8 Å². The van der Waals surface area contributed by atoms with Gasteiger partial charge in [0.2, 0.25) is 0 Å². The van der Waals surface area contributed by atoms with E-state index in [1.54, 1.807) is 12.1 Å². The predicted molar refractivity (Wildman–Crippen MR) is 130 cm³/mol. The fourth-order valence-electron chi connectivity index (χ4n) is 2.64. The molecule has 0 aliphatic carbocycles. The highest BCUT2D eigenvalue weighted by Gasteiger charge is 2.14. The lowest BCUT2D eigenvalue weighted by atomic mass is 10.1. The van der Waals surface area contributed by atoms with Crippen molar-refractivity contribution in [2.75, 3.05) is 25.6 Å². The summed E-state index contributed by atoms with van der Waals surface area (Å²) in [6.45, 7) is 6.04. The summed E-state index contributed by atoms with van der Waals surface area (Å²) in [4.78, 5) is 35.5. The number of amides is 3. The van der Waals surface area contributed by atoms with Gasteiger partial charge in [-0.1, -0.05) is 13.0 Å². The van der Waals surface area contributed by atoms with Gasteiger partial charge in [-0.15, -0.1) is 0 Å². The summed E-state index contributed by atoms with van der Waals surface area (Å²) in [6.07, 6.45) is 2.08. The molecule has 0 heterocycles. The molecule has 0 atom stereocenters. The molecule has 0 aliphatic heterocycles. The minimum atomic E-state index is -0.861. The molecule has 0 saturated heterocycles. The van der Waals surface area contributed by atoms with Gasteiger partial charge in [-0.05, 0) is 77.2 Å². The first-order valence-electron chi connectivity index (χ1n) is 10.2. The lowest BCUT2D eigenvalue weighted by Gasteiger charge is -2.14. The number of anilines is 1. The van der Waals surface area contributed by atoms with Crippen LogP contribution < -0.4 is 25.5 Å². The van der Waals surface area contributed by atoms with Gasteiger partial charge in [-0.3, -0.25) is 14.4 Å². The number of rotatable bonds is 9. The Balaban J connectivity index is 2.00. The molecule has 3 amide bonds. The highest BCUT2D eigenvalue weighted by Crippen LogP contribution is 2.36. The van der Waals surface area contributed by atoms with E-state index in [9.17, 15) is 14.4 Å². The lowest BCUT2D eigenvalue weighted by molar-refractivity contribution is -0.139. The lowest BCUT2D eigenvalue weighted by Crippen LogP contribution is -2.38. The molecule has 0 fully saturated rings. The summed E-state index contributed by atoms with van der Waals surface area (Å²) in [5.74, 6) is -1.23. The average molecular weight is 519 g/mol. The summed E-state index contributed by atoms with van der Waals surface area (Å²) in [6, 6.07) is 8.95. The van der Waals surface area contributed by atoms with Crippen LogP contribution in [0.1, 0.15) is 30.0 Å². The number of carbonyl (C=O) groups excluding carboxylic acids is 3. The second-order valence-corrected chi connectivity index (χ2v) is 7.98. The van der Waals surface area contributed by atoms with Crippen molar-refractivity contribution in [3.05, 3.63) is 51.5 Å². The molecule has 176 valence electrons. The van der Waals surface area contributed by atoms with Gasteiger partial charge >= 0.3 is 11.8 Å². The molecule has 0 aromatic heterocycles. The van der Waals surface area contributed by atoms with Gasteiger partial charge in [0, 0.05) is 12.2 Å². The van der Waals surface area contributed by atoms with Crippen LogP contribution >= 0.6 is 15.9 Å². The Bertz CT molecular complexity index is 1060. The van der Waals surface area contributed by atoms with Gasteiger partial charge in [-0.25, -0.2) is 5.43 Å². The topological polar surface area (TPSA) is 118 Å². The third-order valence-electron chi connectivity index (χ3n) is 4.51.